The molecule has 2 N–H and O–H groups in total. The lowest BCUT2D eigenvalue weighted by Gasteiger charge is -2.26. The lowest BCUT2D eigenvalue weighted by molar-refractivity contribution is 0.155. The van der Waals surface area contributed by atoms with Crippen LogP contribution in [0.4, 0.5) is 0 Å². The van der Waals surface area contributed by atoms with E-state index in [0.29, 0.717) is 13.1 Å². The summed E-state index contributed by atoms with van der Waals surface area (Å²) in [7, 11) is -3.61. The molecule has 1 aliphatic heterocycles. The summed E-state index contributed by atoms with van der Waals surface area (Å²) in [5, 5.41) is 13.6. The Hall–Kier alpha value is -1.73. The number of benzene rings is 2. The molecule has 2 aromatic carbocycles. The average Bonchev–Trinajstić information content (AvgIpc) is 3.17. The van der Waals surface area contributed by atoms with E-state index in [4.69, 9.17) is 0 Å². The highest BCUT2D eigenvalue weighted by atomic mass is 32.2. The molecule has 0 saturated carbocycles. The Kier molecular flexibility index (Phi) is 6.43. The summed E-state index contributed by atoms with van der Waals surface area (Å²) >= 11 is 0. The zero-order chi connectivity index (χ0) is 18.4. The van der Waals surface area contributed by atoms with E-state index < -0.39 is 16.1 Å². The molecule has 0 amide bonds. The Bertz CT molecular complexity index is 734. The van der Waals surface area contributed by atoms with Crippen molar-refractivity contribution >= 4 is 10.0 Å². The van der Waals surface area contributed by atoms with Gasteiger partial charge < -0.3 is 10.4 Å². The fourth-order valence-corrected chi connectivity index (χ4v) is 4.87. The van der Waals surface area contributed by atoms with Gasteiger partial charge >= 0.3 is 0 Å². The first kappa shape index (κ1) is 19.0. The lowest BCUT2D eigenvalue weighted by atomic mass is 10.1. The van der Waals surface area contributed by atoms with Crippen LogP contribution in [0.2, 0.25) is 0 Å². The average molecular weight is 375 g/mol. The first-order valence-corrected chi connectivity index (χ1v) is 10.6. The topological polar surface area (TPSA) is 69.6 Å². The highest BCUT2D eigenvalue weighted by molar-refractivity contribution is 7.89. The molecule has 0 aliphatic carbocycles. The van der Waals surface area contributed by atoms with Crippen molar-refractivity contribution in [3.63, 3.8) is 0 Å². The molecule has 1 fully saturated rings. The first-order chi connectivity index (χ1) is 12.5. The van der Waals surface area contributed by atoms with E-state index in [-0.39, 0.29) is 11.8 Å². The van der Waals surface area contributed by atoms with Gasteiger partial charge in [-0.25, -0.2) is 8.42 Å². The molecule has 0 aromatic heterocycles. The highest BCUT2D eigenvalue weighted by Gasteiger charge is 2.31. The van der Waals surface area contributed by atoms with Gasteiger partial charge in [0.05, 0.1) is 11.9 Å². The van der Waals surface area contributed by atoms with Crippen molar-refractivity contribution in [2.75, 3.05) is 12.3 Å². The van der Waals surface area contributed by atoms with Crippen LogP contribution in [-0.4, -0.2) is 42.3 Å². The quantitative estimate of drug-likeness (QED) is 0.743. The Morgan fingerprint density at radius 1 is 1.00 bits per heavy atom. The van der Waals surface area contributed by atoms with E-state index in [0.717, 1.165) is 30.5 Å². The fraction of sp³-hybridized carbons (Fsp3) is 0.400. The molecule has 6 heteroatoms. The molecule has 5 nitrogen and oxygen atoms in total. The van der Waals surface area contributed by atoms with Gasteiger partial charge in [-0.05, 0) is 30.5 Å². The molecule has 140 valence electrons. The molecule has 2 aromatic rings. The van der Waals surface area contributed by atoms with Gasteiger partial charge in [-0.1, -0.05) is 60.7 Å². The number of rotatable bonds is 8. The Morgan fingerprint density at radius 2 is 1.54 bits per heavy atom. The van der Waals surface area contributed by atoms with E-state index in [2.05, 4.69) is 5.32 Å². The van der Waals surface area contributed by atoms with Gasteiger partial charge in [0.15, 0.2) is 0 Å². The van der Waals surface area contributed by atoms with Gasteiger partial charge in [-0.15, -0.1) is 0 Å². The molecule has 3 rings (SSSR count). The van der Waals surface area contributed by atoms with Crippen molar-refractivity contribution in [2.24, 2.45) is 0 Å². The second-order valence-corrected chi connectivity index (χ2v) is 8.80. The first-order valence-electron chi connectivity index (χ1n) is 9.02. The molecule has 0 radical (unpaired) electrons. The number of nitrogens with zero attached hydrogens (tertiary/aromatic N) is 1. The smallest absolute Gasteiger partial charge is 0.217 e. The van der Waals surface area contributed by atoms with Crippen LogP contribution in [0.5, 0.6) is 0 Å². The maximum Gasteiger partial charge on any atom is 0.217 e. The number of hydrogen-bond acceptors (Lipinski definition) is 4. The molecule has 1 heterocycles. The minimum Gasteiger partial charge on any atom is -0.390 e. The maximum absolute atomic E-state index is 13.0. The maximum atomic E-state index is 13.0. The van der Waals surface area contributed by atoms with Crippen molar-refractivity contribution in [1.82, 2.24) is 9.62 Å². The summed E-state index contributed by atoms with van der Waals surface area (Å²) in [5.41, 5.74) is 1.86. The van der Waals surface area contributed by atoms with Gasteiger partial charge in [-0.2, -0.15) is 4.31 Å². The van der Waals surface area contributed by atoms with E-state index in [1.165, 1.54) is 4.31 Å². The number of sulfonamides is 1. The number of aliphatic hydroxyl groups is 1. The molecule has 1 saturated heterocycles. The summed E-state index contributed by atoms with van der Waals surface area (Å²) < 4.78 is 27.6. The van der Waals surface area contributed by atoms with Crippen molar-refractivity contribution in [3.8, 4) is 0 Å². The summed E-state index contributed by atoms with van der Waals surface area (Å²) in [5.74, 6) is -0.260. The van der Waals surface area contributed by atoms with Gasteiger partial charge in [0, 0.05) is 19.1 Å². The third kappa shape index (κ3) is 5.14. The Morgan fingerprint density at radius 3 is 2.00 bits per heavy atom. The minimum absolute atomic E-state index is 0.139. The molecular weight excluding hydrogens is 348 g/mol. The van der Waals surface area contributed by atoms with E-state index in [1.54, 1.807) is 0 Å². The number of nitrogens with one attached hydrogen (secondary N) is 1. The van der Waals surface area contributed by atoms with Crippen molar-refractivity contribution in [1.29, 1.82) is 0 Å². The summed E-state index contributed by atoms with van der Waals surface area (Å²) in [4.78, 5) is 0. The zero-order valence-electron chi connectivity index (χ0n) is 14.8. The Labute approximate surface area is 155 Å². The van der Waals surface area contributed by atoms with E-state index in [1.807, 2.05) is 60.7 Å². The summed E-state index contributed by atoms with van der Waals surface area (Å²) in [6.45, 7) is 1.42. The highest BCUT2D eigenvalue weighted by Crippen LogP contribution is 2.18. The largest absolute Gasteiger partial charge is 0.390 e. The van der Waals surface area contributed by atoms with Crippen LogP contribution in [0.1, 0.15) is 24.0 Å². The molecular formula is C20H26N2O3S. The van der Waals surface area contributed by atoms with Crippen LogP contribution < -0.4 is 5.32 Å². The molecule has 0 unspecified atom stereocenters. The van der Waals surface area contributed by atoms with Crippen molar-refractivity contribution in [2.45, 2.75) is 38.1 Å². The van der Waals surface area contributed by atoms with Crippen LogP contribution in [0.25, 0.3) is 0 Å². The minimum atomic E-state index is -3.61. The monoisotopic (exact) mass is 374 g/mol. The van der Waals surface area contributed by atoms with E-state index >= 15 is 0 Å². The van der Waals surface area contributed by atoms with Gasteiger partial charge in [0.1, 0.15) is 0 Å². The summed E-state index contributed by atoms with van der Waals surface area (Å²) in [6, 6.07) is 19.0. The van der Waals surface area contributed by atoms with E-state index in [9.17, 15) is 13.5 Å². The summed E-state index contributed by atoms with van der Waals surface area (Å²) in [6.07, 6.45) is 0.893. The molecule has 0 spiro atoms. The molecule has 2 atom stereocenters. The Balaban J connectivity index is 1.78. The lowest BCUT2D eigenvalue weighted by Crippen LogP contribution is -2.43. The van der Waals surface area contributed by atoms with Crippen LogP contribution >= 0.6 is 0 Å². The second-order valence-electron chi connectivity index (χ2n) is 6.79. The van der Waals surface area contributed by atoms with Gasteiger partial charge in [0.2, 0.25) is 10.0 Å². The van der Waals surface area contributed by atoms with Crippen LogP contribution in [0, 0.1) is 0 Å². The van der Waals surface area contributed by atoms with Crippen molar-refractivity contribution < 1.29 is 13.5 Å². The fourth-order valence-electron chi connectivity index (χ4n) is 3.30. The number of hydrogen-bond donors (Lipinski definition) is 2. The standard InChI is InChI=1S/C20H26N2O3S/c23-20(19-12-7-13-21-19)16-26(24,25)22(14-17-8-3-1-4-9-17)15-18-10-5-2-6-11-18/h1-6,8-11,19-21,23H,7,12-16H2/t19-,20+/m0/s1. The number of aliphatic hydroxyl groups excluding tert-OH is 1. The zero-order valence-corrected chi connectivity index (χ0v) is 15.6. The van der Waals surface area contributed by atoms with Crippen LogP contribution in [0.3, 0.4) is 0 Å². The van der Waals surface area contributed by atoms with Crippen LogP contribution in [-0.2, 0) is 23.1 Å². The predicted molar refractivity (Wildman–Crippen MR) is 103 cm³/mol. The third-order valence-electron chi connectivity index (χ3n) is 4.74. The SMILES string of the molecule is O=S(=O)(C[C@@H](O)[C@@H]1CCCN1)N(Cc1ccccc1)Cc1ccccc1. The second kappa shape index (κ2) is 8.77. The molecule has 0 bridgehead atoms. The predicted octanol–water partition coefficient (Wildman–Crippen LogP) is 2.13. The van der Waals surface area contributed by atoms with Gasteiger partial charge in [-0.3, -0.25) is 0 Å². The van der Waals surface area contributed by atoms with Gasteiger partial charge in [0.25, 0.3) is 0 Å². The van der Waals surface area contributed by atoms with Crippen molar-refractivity contribution in [3.05, 3.63) is 71.8 Å². The molecule has 1 aliphatic rings. The normalized spacial score (nSPS) is 18.9. The van der Waals surface area contributed by atoms with Crippen LogP contribution in [0.15, 0.2) is 60.7 Å². The third-order valence-corrected chi connectivity index (χ3v) is 6.55. The molecule has 26 heavy (non-hydrogen) atoms.